The smallest absolute Gasteiger partial charge is 0.143 e. The summed E-state index contributed by atoms with van der Waals surface area (Å²) < 4.78 is 6.53. The van der Waals surface area contributed by atoms with E-state index in [1.54, 1.807) is 0 Å². The third kappa shape index (κ3) is 4.81. The Bertz CT molecular complexity index is 3240. The Hall–Kier alpha value is -7.16. The van der Waals surface area contributed by atoms with Gasteiger partial charge in [0, 0.05) is 32.8 Å². The number of nitrogens with zero attached hydrogens (tertiary/aromatic N) is 1. The zero-order valence-corrected chi connectivity index (χ0v) is 29.4. The van der Waals surface area contributed by atoms with Gasteiger partial charge in [0.15, 0.2) is 0 Å². The second kappa shape index (κ2) is 12.2. The normalized spacial score (nSPS) is 11.7. The van der Waals surface area contributed by atoms with Crippen molar-refractivity contribution < 1.29 is 4.42 Å². The van der Waals surface area contributed by atoms with Gasteiger partial charge in [0.1, 0.15) is 11.2 Å². The van der Waals surface area contributed by atoms with Crippen LogP contribution in [0.5, 0.6) is 0 Å². The summed E-state index contributed by atoms with van der Waals surface area (Å²) in [6.07, 6.45) is 0. The molecule has 11 aromatic rings. The molecule has 10 aromatic carbocycles. The minimum atomic E-state index is 0.892. The molecular formula is C52H33NO. The van der Waals surface area contributed by atoms with E-state index in [0.717, 1.165) is 55.5 Å². The maximum Gasteiger partial charge on any atom is 0.143 e. The fourth-order valence-corrected chi connectivity index (χ4v) is 8.50. The number of hydrogen-bond donors (Lipinski definition) is 0. The fourth-order valence-electron chi connectivity index (χ4n) is 8.50. The zero-order valence-electron chi connectivity index (χ0n) is 29.4. The second-order valence-electron chi connectivity index (χ2n) is 14.1. The Morgan fingerprint density at radius 2 is 0.907 bits per heavy atom. The van der Waals surface area contributed by atoms with Crippen molar-refractivity contribution in [3.8, 4) is 22.3 Å². The molecule has 0 aliphatic heterocycles. The summed E-state index contributed by atoms with van der Waals surface area (Å²) in [5.41, 5.74) is 9.82. The van der Waals surface area contributed by atoms with E-state index in [0.29, 0.717) is 0 Å². The fraction of sp³-hybridized carbons (Fsp3) is 0. The van der Waals surface area contributed by atoms with Crippen LogP contribution in [0.4, 0.5) is 17.1 Å². The molecule has 0 fully saturated rings. The van der Waals surface area contributed by atoms with E-state index in [1.807, 2.05) is 0 Å². The van der Waals surface area contributed by atoms with E-state index in [2.05, 4.69) is 205 Å². The lowest BCUT2D eigenvalue weighted by atomic mass is 9.96. The molecule has 0 aliphatic rings. The maximum absolute atomic E-state index is 6.53. The van der Waals surface area contributed by atoms with E-state index < -0.39 is 0 Å². The highest BCUT2D eigenvalue weighted by Gasteiger charge is 2.21. The van der Waals surface area contributed by atoms with Crippen LogP contribution in [0, 0.1) is 0 Å². The minimum Gasteiger partial charge on any atom is -0.455 e. The van der Waals surface area contributed by atoms with Gasteiger partial charge in [0.2, 0.25) is 0 Å². The third-order valence-corrected chi connectivity index (χ3v) is 11.0. The van der Waals surface area contributed by atoms with Crippen molar-refractivity contribution in [3.63, 3.8) is 0 Å². The highest BCUT2D eigenvalue weighted by atomic mass is 16.3. The zero-order chi connectivity index (χ0) is 35.6. The van der Waals surface area contributed by atoms with Crippen molar-refractivity contribution in [2.75, 3.05) is 4.90 Å². The van der Waals surface area contributed by atoms with Crippen LogP contribution in [0.25, 0.3) is 87.3 Å². The Balaban J connectivity index is 1.16. The summed E-state index contributed by atoms with van der Waals surface area (Å²) in [5.74, 6) is 0. The molecule has 0 amide bonds. The molecule has 2 heteroatoms. The number of fused-ring (bicyclic) bond motifs is 9. The van der Waals surface area contributed by atoms with Crippen LogP contribution >= 0.6 is 0 Å². The lowest BCUT2D eigenvalue weighted by Crippen LogP contribution is -2.12. The van der Waals surface area contributed by atoms with E-state index in [4.69, 9.17) is 4.42 Å². The summed E-state index contributed by atoms with van der Waals surface area (Å²) in [7, 11) is 0. The SMILES string of the molecule is c1cc(-c2cccc3ccccc23)cc(N(c2ccccc2-c2ccc3oc4c5ccccc5ccc4c3c2)c2cccc3c2ccc2ccccc23)c1. The van der Waals surface area contributed by atoms with Crippen molar-refractivity contribution in [3.05, 3.63) is 200 Å². The molecule has 1 aromatic heterocycles. The standard InChI is InChI=1S/C52H33NO/c1-4-18-40-34(12-1)15-10-22-42(40)37-16-9-17-39(32-37)53(50-25-11-23-45-41-19-5-2-13-35(41)26-29-46(45)50)49-24-8-7-20-43(49)38-28-31-51-48(33-38)47-30-27-36-14-3-6-21-44(36)52(47)54-51/h1-33H. The van der Waals surface area contributed by atoms with Gasteiger partial charge in [-0.25, -0.2) is 0 Å². The van der Waals surface area contributed by atoms with Crippen molar-refractivity contribution >= 4 is 82.1 Å². The molecule has 0 saturated heterocycles. The Kier molecular flexibility index (Phi) is 6.90. The number of rotatable bonds is 5. The van der Waals surface area contributed by atoms with Crippen molar-refractivity contribution in [2.24, 2.45) is 0 Å². The lowest BCUT2D eigenvalue weighted by Gasteiger charge is -2.29. The van der Waals surface area contributed by atoms with Gasteiger partial charge in [0.05, 0.1) is 11.4 Å². The Morgan fingerprint density at radius 1 is 0.315 bits per heavy atom. The Morgan fingerprint density at radius 3 is 1.78 bits per heavy atom. The van der Waals surface area contributed by atoms with Crippen LogP contribution in [-0.4, -0.2) is 0 Å². The predicted octanol–water partition coefficient (Wildman–Crippen LogP) is 15.0. The van der Waals surface area contributed by atoms with Crippen LogP contribution in [-0.2, 0) is 0 Å². The molecule has 0 aliphatic carbocycles. The average Bonchev–Trinajstić information content (AvgIpc) is 3.62. The Labute approximate surface area is 312 Å². The monoisotopic (exact) mass is 687 g/mol. The molecule has 0 atom stereocenters. The summed E-state index contributed by atoms with van der Waals surface area (Å²) >= 11 is 0. The second-order valence-corrected chi connectivity index (χ2v) is 14.1. The molecule has 0 N–H and O–H groups in total. The predicted molar refractivity (Wildman–Crippen MR) is 229 cm³/mol. The lowest BCUT2D eigenvalue weighted by molar-refractivity contribution is 0.672. The van der Waals surface area contributed by atoms with Crippen molar-refractivity contribution in [1.82, 2.24) is 0 Å². The van der Waals surface area contributed by atoms with E-state index in [9.17, 15) is 0 Å². The van der Waals surface area contributed by atoms with E-state index in [-0.39, 0.29) is 0 Å². The summed E-state index contributed by atoms with van der Waals surface area (Å²) in [5, 5.41) is 12.0. The number of para-hydroxylation sites is 1. The van der Waals surface area contributed by atoms with Gasteiger partial charge in [-0.1, -0.05) is 158 Å². The van der Waals surface area contributed by atoms with Gasteiger partial charge in [-0.3, -0.25) is 0 Å². The van der Waals surface area contributed by atoms with Crippen molar-refractivity contribution in [2.45, 2.75) is 0 Å². The minimum absolute atomic E-state index is 0.892. The molecule has 252 valence electrons. The number of hydrogen-bond acceptors (Lipinski definition) is 2. The first-order chi connectivity index (χ1) is 26.8. The molecular weight excluding hydrogens is 655 g/mol. The molecule has 0 unspecified atom stereocenters. The van der Waals surface area contributed by atoms with Crippen LogP contribution in [0.2, 0.25) is 0 Å². The molecule has 1 heterocycles. The highest BCUT2D eigenvalue weighted by molar-refractivity contribution is 6.16. The third-order valence-electron chi connectivity index (χ3n) is 11.0. The summed E-state index contributed by atoms with van der Waals surface area (Å²) in [4.78, 5) is 2.45. The van der Waals surface area contributed by atoms with Crippen LogP contribution < -0.4 is 4.90 Å². The van der Waals surface area contributed by atoms with Gasteiger partial charge < -0.3 is 9.32 Å². The first kappa shape index (κ1) is 30.5. The topological polar surface area (TPSA) is 16.4 Å². The number of benzene rings is 10. The maximum atomic E-state index is 6.53. The van der Waals surface area contributed by atoms with Crippen LogP contribution in [0.15, 0.2) is 205 Å². The van der Waals surface area contributed by atoms with E-state index in [1.165, 1.54) is 48.8 Å². The van der Waals surface area contributed by atoms with Gasteiger partial charge in [-0.15, -0.1) is 0 Å². The molecule has 2 nitrogen and oxygen atoms in total. The number of furan rings is 1. The number of anilines is 3. The average molecular weight is 688 g/mol. The van der Waals surface area contributed by atoms with Crippen LogP contribution in [0.1, 0.15) is 0 Å². The molecule has 11 rings (SSSR count). The van der Waals surface area contributed by atoms with Gasteiger partial charge in [-0.05, 0) is 91.5 Å². The quantitative estimate of drug-likeness (QED) is 0.168. The molecule has 0 bridgehead atoms. The largest absolute Gasteiger partial charge is 0.455 e. The highest BCUT2D eigenvalue weighted by Crippen LogP contribution is 2.46. The molecule has 0 spiro atoms. The van der Waals surface area contributed by atoms with Gasteiger partial charge >= 0.3 is 0 Å². The summed E-state index contributed by atoms with van der Waals surface area (Å²) in [6, 6.07) is 72.4. The van der Waals surface area contributed by atoms with Crippen LogP contribution in [0.3, 0.4) is 0 Å². The van der Waals surface area contributed by atoms with Gasteiger partial charge in [0.25, 0.3) is 0 Å². The molecule has 0 radical (unpaired) electrons. The van der Waals surface area contributed by atoms with Crippen molar-refractivity contribution in [1.29, 1.82) is 0 Å². The van der Waals surface area contributed by atoms with E-state index >= 15 is 0 Å². The first-order valence-corrected chi connectivity index (χ1v) is 18.5. The molecule has 54 heavy (non-hydrogen) atoms. The first-order valence-electron chi connectivity index (χ1n) is 18.5. The van der Waals surface area contributed by atoms with Gasteiger partial charge in [-0.2, -0.15) is 0 Å². The molecule has 0 saturated carbocycles. The summed E-state index contributed by atoms with van der Waals surface area (Å²) in [6.45, 7) is 0.